The fourth-order valence-electron chi connectivity index (χ4n) is 1.42. The van der Waals surface area contributed by atoms with Crippen LogP contribution in [0.25, 0.3) is 10.8 Å². The molecule has 1 heterocycles. The number of anilines is 2. The van der Waals surface area contributed by atoms with Crippen LogP contribution in [0.15, 0.2) is 24.4 Å². The molecular formula is C10H10N3. The van der Waals surface area contributed by atoms with E-state index in [1.807, 2.05) is 18.2 Å². The molecule has 0 aliphatic carbocycles. The lowest BCUT2D eigenvalue weighted by atomic mass is 10.1. The van der Waals surface area contributed by atoms with Crippen molar-refractivity contribution >= 4 is 22.3 Å². The van der Waals surface area contributed by atoms with Crippen molar-refractivity contribution in [2.24, 2.45) is 0 Å². The normalized spacial score (nSPS) is 10.5. The number of pyridine rings is 1. The maximum atomic E-state index is 5.75. The molecule has 0 fully saturated rings. The van der Waals surface area contributed by atoms with Crippen molar-refractivity contribution in [1.29, 1.82) is 0 Å². The van der Waals surface area contributed by atoms with E-state index in [1.165, 1.54) is 0 Å². The van der Waals surface area contributed by atoms with Crippen LogP contribution in [0, 0.1) is 6.92 Å². The Balaban J connectivity index is 3.00. The van der Waals surface area contributed by atoms with Gasteiger partial charge in [0.2, 0.25) is 0 Å². The summed E-state index contributed by atoms with van der Waals surface area (Å²) in [5.74, 6) is 0.481. The van der Waals surface area contributed by atoms with Gasteiger partial charge in [0.15, 0.2) is 0 Å². The van der Waals surface area contributed by atoms with E-state index in [0.717, 1.165) is 16.3 Å². The molecule has 0 saturated heterocycles. The van der Waals surface area contributed by atoms with Crippen LogP contribution in [0.1, 0.15) is 5.56 Å². The van der Waals surface area contributed by atoms with Gasteiger partial charge in [-0.05, 0) is 12.5 Å². The molecule has 0 atom stereocenters. The molecule has 0 unspecified atom stereocenters. The number of hydrogen-bond donors (Lipinski definition) is 2. The van der Waals surface area contributed by atoms with Crippen LogP contribution in [-0.4, -0.2) is 4.98 Å². The molecule has 1 aromatic carbocycles. The summed E-state index contributed by atoms with van der Waals surface area (Å²) in [6.45, 7) is 3.88. The lowest BCUT2D eigenvalue weighted by molar-refractivity contribution is 1.37. The molecule has 2 aromatic rings. The summed E-state index contributed by atoms with van der Waals surface area (Å²) in [6, 6.07) is 5.71. The van der Waals surface area contributed by atoms with Crippen LogP contribution in [0.5, 0.6) is 0 Å². The first-order valence-corrected chi connectivity index (χ1v) is 3.95. The fraction of sp³-hybridized carbons (Fsp3) is 0. The van der Waals surface area contributed by atoms with Crippen molar-refractivity contribution in [2.75, 3.05) is 11.5 Å². The molecule has 1 aromatic heterocycles. The zero-order chi connectivity index (χ0) is 9.42. The van der Waals surface area contributed by atoms with E-state index in [0.29, 0.717) is 11.5 Å². The van der Waals surface area contributed by atoms with Gasteiger partial charge in [-0.15, -0.1) is 0 Å². The summed E-state index contributed by atoms with van der Waals surface area (Å²) >= 11 is 0. The summed E-state index contributed by atoms with van der Waals surface area (Å²) in [5.41, 5.74) is 13.0. The van der Waals surface area contributed by atoms with Crippen molar-refractivity contribution in [3.8, 4) is 0 Å². The van der Waals surface area contributed by atoms with Crippen molar-refractivity contribution in [1.82, 2.24) is 4.98 Å². The van der Waals surface area contributed by atoms with Gasteiger partial charge in [0.25, 0.3) is 0 Å². The monoisotopic (exact) mass is 172 g/mol. The van der Waals surface area contributed by atoms with E-state index >= 15 is 0 Å². The van der Waals surface area contributed by atoms with Crippen LogP contribution in [0.3, 0.4) is 0 Å². The van der Waals surface area contributed by atoms with Gasteiger partial charge in [-0.3, -0.25) is 0 Å². The summed E-state index contributed by atoms with van der Waals surface area (Å²) < 4.78 is 0. The summed E-state index contributed by atoms with van der Waals surface area (Å²) in [4.78, 5) is 3.98. The Hall–Kier alpha value is -1.77. The number of hydrogen-bond acceptors (Lipinski definition) is 3. The van der Waals surface area contributed by atoms with Gasteiger partial charge in [-0.1, -0.05) is 18.2 Å². The number of benzene rings is 1. The average molecular weight is 172 g/mol. The van der Waals surface area contributed by atoms with Crippen molar-refractivity contribution in [2.45, 2.75) is 0 Å². The van der Waals surface area contributed by atoms with Gasteiger partial charge in [-0.2, -0.15) is 0 Å². The molecule has 0 bridgehead atoms. The maximum Gasteiger partial charge on any atom is 0.131 e. The fourth-order valence-corrected chi connectivity index (χ4v) is 1.42. The number of aromatic nitrogens is 1. The molecule has 0 saturated carbocycles. The van der Waals surface area contributed by atoms with Gasteiger partial charge in [0.05, 0.1) is 11.9 Å². The topological polar surface area (TPSA) is 64.9 Å². The highest BCUT2D eigenvalue weighted by Crippen LogP contribution is 2.26. The first kappa shape index (κ1) is 7.86. The van der Waals surface area contributed by atoms with Gasteiger partial charge >= 0.3 is 0 Å². The third kappa shape index (κ3) is 1.09. The minimum Gasteiger partial charge on any atom is -0.397 e. The Morgan fingerprint density at radius 1 is 1.23 bits per heavy atom. The van der Waals surface area contributed by atoms with E-state index in [4.69, 9.17) is 11.5 Å². The maximum absolute atomic E-state index is 5.75. The molecule has 0 aliphatic rings. The predicted octanol–water partition coefficient (Wildman–Crippen LogP) is 1.58. The van der Waals surface area contributed by atoms with Crippen LogP contribution >= 0.6 is 0 Å². The largest absolute Gasteiger partial charge is 0.397 e. The average Bonchev–Trinajstić information content (AvgIpc) is 2.12. The number of fused-ring (bicyclic) bond motifs is 1. The standard InChI is InChI=1S/C10H10N3/c1-6-3-2-4-7-8(11)5-13-10(12)9(6)7/h2-5H,1,11H2,(H2,12,13). The Morgan fingerprint density at radius 2 is 2.00 bits per heavy atom. The number of nitrogens with two attached hydrogens (primary N) is 2. The third-order valence-electron chi connectivity index (χ3n) is 2.06. The lowest BCUT2D eigenvalue weighted by Gasteiger charge is -2.06. The highest BCUT2D eigenvalue weighted by Gasteiger charge is 2.04. The second kappa shape index (κ2) is 2.62. The van der Waals surface area contributed by atoms with Gasteiger partial charge in [0.1, 0.15) is 5.82 Å². The highest BCUT2D eigenvalue weighted by atomic mass is 14.8. The number of nitrogen functional groups attached to an aromatic ring is 2. The summed E-state index contributed by atoms with van der Waals surface area (Å²) in [7, 11) is 0. The lowest BCUT2D eigenvalue weighted by Crippen LogP contribution is -1.96. The van der Waals surface area contributed by atoms with Crippen LogP contribution < -0.4 is 11.5 Å². The molecule has 3 heteroatoms. The van der Waals surface area contributed by atoms with E-state index in [1.54, 1.807) is 6.20 Å². The van der Waals surface area contributed by atoms with Crippen molar-refractivity contribution in [3.05, 3.63) is 36.9 Å². The second-order valence-corrected chi connectivity index (χ2v) is 2.94. The van der Waals surface area contributed by atoms with Crippen LogP contribution in [-0.2, 0) is 0 Å². The third-order valence-corrected chi connectivity index (χ3v) is 2.06. The zero-order valence-corrected chi connectivity index (χ0v) is 7.12. The molecular weight excluding hydrogens is 162 g/mol. The molecule has 13 heavy (non-hydrogen) atoms. The molecule has 4 N–H and O–H groups in total. The smallest absolute Gasteiger partial charge is 0.131 e. The van der Waals surface area contributed by atoms with Gasteiger partial charge < -0.3 is 11.5 Å². The Labute approximate surface area is 76.4 Å². The number of nitrogens with zero attached hydrogens (tertiary/aromatic N) is 1. The zero-order valence-electron chi connectivity index (χ0n) is 7.12. The Kier molecular flexibility index (Phi) is 1.59. The minimum absolute atomic E-state index is 0.481. The summed E-state index contributed by atoms with van der Waals surface area (Å²) in [6.07, 6.45) is 1.57. The molecule has 2 rings (SSSR count). The molecule has 0 amide bonds. The second-order valence-electron chi connectivity index (χ2n) is 2.94. The minimum atomic E-state index is 0.481. The van der Waals surface area contributed by atoms with Crippen molar-refractivity contribution in [3.63, 3.8) is 0 Å². The van der Waals surface area contributed by atoms with E-state index in [9.17, 15) is 0 Å². The van der Waals surface area contributed by atoms with Crippen LogP contribution in [0.4, 0.5) is 11.5 Å². The highest BCUT2D eigenvalue weighted by molar-refractivity contribution is 6.00. The van der Waals surface area contributed by atoms with Gasteiger partial charge in [-0.25, -0.2) is 4.98 Å². The Bertz CT molecular complexity index is 455. The quantitative estimate of drug-likeness (QED) is 0.634. The molecule has 0 aliphatic heterocycles. The SMILES string of the molecule is [CH2]c1cccc2c(N)cnc(N)c12. The molecule has 3 nitrogen and oxygen atoms in total. The molecule has 0 spiro atoms. The predicted molar refractivity (Wildman–Crippen MR) is 55.0 cm³/mol. The molecule has 65 valence electrons. The van der Waals surface area contributed by atoms with Crippen LogP contribution in [0.2, 0.25) is 0 Å². The summed E-state index contributed by atoms with van der Waals surface area (Å²) in [5, 5.41) is 1.77. The molecule has 1 radical (unpaired) electrons. The van der Waals surface area contributed by atoms with Crippen molar-refractivity contribution < 1.29 is 0 Å². The number of rotatable bonds is 0. The first-order chi connectivity index (χ1) is 6.20. The van der Waals surface area contributed by atoms with E-state index in [2.05, 4.69) is 11.9 Å². The first-order valence-electron chi connectivity index (χ1n) is 3.95. The van der Waals surface area contributed by atoms with Gasteiger partial charge in [0, 0.05) is 10.8 Å². The van der Waals surface area contributed by atoms with E-state index in [-0.39, 0.29) is 0 Å². The van der Waals surface area contributed by atoms with E-state index < -0.39 is 0 Å². The Morgan fingerprint density at radius 3 is 2.69 bits per heavy atom.